The summed E-state index contributed by atoms with van der Waals surface area (Å²) in [6, 6.07) is 7.72. The molecule has 0 saturated heterocycles. The molecule has 2 aliphatic rings. The Hall–Kier alpha value is -2.34. The number of nitrogens with zero attached hydrogens (tertiary/aromatic N) is 4. The average molecular weight is 344 g/mol. The smallest absolute Gasteiger partial charge is 0.283 e. The van der Waals surface area contributed by atoms with Gasteiger partial charge in [0.1, 0.15) is 11.6 Å². The van der Waals surface area contributed by atoms with Crippen molar-refractivity contribution in [1.82, 2.24) is 14.9 Å². The molecule has 1 N–H and O–H groups in total. The number of amides is 1. The maximum atomic E-state index is 12.7. The fraction of sp³-hybridized carbons (Fsp3) is 0.353. The van der Waals surface area contributed by atoms with Crippen LogP contribution in [0.3, 0.4) is 0 Å². The van der Waals surface area contributed by atoms with Crippen LogP contribution in [0.25, 0.3) is 0 Å². The van der Waals surface area contributed by atoms with Crippen LogP contribution in [0.1, 0.15) is 41.6 Å². The number of aliphatic imine (C=N–C) groups is 1. The van der Waals surface area contributed by atoms with Gasteiger partial charge in [-0.3, -0.25) is 19.6 Å². The van der Waals surface area contributed by atoms with Gasteiger partial charge < -0.3 is 4.98 Å². The number of halogens is 1. The molecule has 1 aromatic carbocycles. The predicted molar refractivity (Wildman–Crippen MR) is 93.7 cm³/mol. The van der Waals surface area contributed by atoms with E-state index >= 15 is 0 Å². The number of fused-ring (bicyclic) bond motifs is 2. The maximum absolute atomic E-state index is 12.7. The molecule has 0 unspecified atom stereocenters. The Morgan fingerprint density at radius 3 is 2.88 bits per heavy atom. The second-order valence-electron chi connectivity index (χ2n) is 6.29. The summed E-state index contributed by atoms with van der Waals surface area (Å²) in [5, 5.41) is 0.699. The molecular weight excluding hydrogens is 326 g/mol. The van der Waals surface area contributed by atoms with Gasteiger partial charge in [-0.2, -0.15) is 0 Å². The first-order valence-electron chi connectivity index (χ1n) is 8.03. The lowest BCUT2D eigenvalue weighted by Crippen LogP contribution is -2.49. The van der Waals surface area contributed by atoms with Gasteiger partial charge in [-0.25, -0.2) is 4.98 Å². The third-order valence-corrected chi connectivity index (χ3v) is 4.68. The van der Waals surface area contributed by atoms with E-state index in [0.717, 1.165) is 11.4 Å². The number of aromatic amines is 1. The number of hydrogen-bond acceptors (Lipinski definition) is 4. The van der Waals surface area contributed by atoms with Crippen molar-refractivity contribution in [2.24, 2.45) is 4.99 Å². The third kappa shape index (κ3) is 2.29. The number of nitrogens with one attached hydrogen (secondary N) is 1. The predicted octanol–water partition coefficient (Wildman–Crippen LogP) is 3.02. The lowest BCUT2D eigenvalue weighted by molar-refractivity contribution is 0.0846. The number of carbonyl (C=O) groups is 1. The Labute approximate surface area is 145 Å². The van der Waals surface area contributed by atoms with Crippen LogP contribution in [0, 0.1) is 0 Å². The molecule has 0 atom stereocenters. The number of aromatic nitrogens is 2. The number of guanidine groups is 1. The molecule has 0 spiro atoms. The first-order valence-corrected chi connectivity index (χ1v) is 8.41. The Bertz CT molecular complexity index is 841. The highest BCUT2D eigenvalue weighted by atomic mass is 35.5. The number of hydrogen-bond donors (Lipinski definition) is 1. The van der Waals surface area contributed by atoms with Crippen LogP contribution in [0.2, 0.25) is 5.02 Å². The Balaban J connectivity index is 1.81. The molecule has 0 fully saturated rings. The van der Waals surface area contributed by atoms with E-state index in [4.69, 9.17) is 11.6 Å². The molecule has 0 bridgehead atoms. The van der Waals surface area contributed by atoms with Crippen LogP contribution >= 0.6 is 11.6 Å². The number of H-pyrrole nitrogens is 1. The minimum Gasteiger partial charge on any atom is -0.328 e. The summed E-state index contributed by atoms with van der Waals surface area (Å²) in [6.07, 6.45) is 0. The van der Waals surface area contributed by atoms with Crippen molar-refractivity contribution in [3.05, 3.63) is 46.4 Å². The number of carbonyl (C=O) groups excluding carboxylic acids is 1. The van der Waals surface area contributed by atoms with Gasteiger partial charge in [-0.15, -0.1) is 0 Å². The summed E-state index contributed by atoms with van der Waals surface area (Å²) < 4.78 is 0. The zero-order valence-corrected chi connectivity index (χ0v) is 14.3. The molecule has 124 valence electrons. The van der Waals surface area contributed by atoms with Crippen molar-refractivity contribution < 1.29 is 4.79 Å². The molecule has 7 heteroatoms. The van der Waals surface area contributed by atoms with Crippen LogP contribution in [-0.2, 0) is 6.54 Å². The molecule has 1 amide bonds. The highest BCUT2D eigenvalue weighted by Crippen LogP contribution is 2.32. The van der Waals surface area contributed by atoms with E-state index in [9.17, 15) is 4.79 Å². The van der Waals surface area contributed by atoms with E-state index < -0.39 is 0 Å². The molecule has 0 saturated carbocycles. The van der Waals surface area contributed by atoms with Gasteiger partial charge in [0.05, 0.1) is 13.1 Å². The minimum absolute atomic E-state index is 0.0835. The fourth-order valence-electron chi connectivity index (χ4n) is 3.03. The Morgan fingerprint density at radius 1 is 1.33 bits per heavy atom. The molecule has 4 rings (SSSR count). The number of imidazole rings is 1. The van der Waals surface area contributed by atoms with Crippen molar-refractivity contribution in [3.8, 4) is 0 Å². The van der Waals surface area contributed by atoms with Crippen molar-refractivity contribution in [1.29, 1.82) is 0 Å². The van der Waals surface area contributed by atoms with Gasteiger partial charge in [0.2, 0.25) is 5.96 Å². The van der Waals surface area contributed by atoms with E-state index in [1.54, 1.807) is 4.90 Å². The van der Waals surface area contributed by atoms with E-state index in [1.807, 2.05) is 43.0 Å². The van der Waals surface area contributed by atoms with Crippen LogP contribution < -0.4 is 4.90 Å². The molecule has 2 aliphatic heterocycles. The van der Waals surface area contributed by atoms with Gasteiger partial charge in [0.15, 0.2) is 5.69 Å². The first-order chi connectivity index (χ1) is 11.6. The highest BCUT2D eigenvalue weighted by molar-refractivity contribution is 6.31. The van der Waals surface area contributed by atoms with Crippen LogP contribution in [0.5, 0.6) is 0 Å². The van der Waals surface area contributed by atoms with Crippen molar-refractivity contribution in [2.45, 2.75) is 26.3 Å². The lowest BCUT2D eigenvalue weighted by atomic mass is 10.2. The molecule has 6 nitrogen and oxygen atoms in total. The average Bonchev–Trinajstić information content (AvgIpc) is 3.20. The normalized spacial score (nSPS) is 16.5. The molecular formula is C17H18ClN5O. The van der Waals surface area contributed by atoms with Crippen molar-refractivity contribution in [3.63, 3.8) is 0 Å². The molecule has 24 heavy (non-hydrogen) atoms. The monoisotopic (exact) mass is 343 g/mol. The number of rotatable bonds is 3. The third-order valence-electron chi connectivity index (χ3n) is 4.31. The molecule has 3 heterocycles. The molecule has 0 radical (unpaired) electrons. The lowest BCUT2D eigenvalue weighted by Gasteiger charge is -2.33. The SMILES string of the molecule is CC(C)c1nc2c([nH]1)N(Cc1ccccc1Cl)C1=NCCN1C2=O. The summed E-state index contributed by atoms with van der Waals surface area (Å²) in [5.41, 5.74) is 1.45. The van der Waals surface area contributed by atoms with Crippen molar-refractivity contribution in [2.75, 3.05) is 18.0 Å². The largest absolute Gasteiger partial charge is 0.328 e. The summed E-state index contributed by atoms with van der Waals surface area (Å²) in [6.45, 7) is 5.84. The summed E-state index contributed by atoms with van der Waals surface area (Å²) in [5.74, 6) is 2.31. The molecule has 2 aromatic rings. The van der Waals surface area contributed by atoms with E-state index in [2.05, 4.69) is 15.0 Å². The minimum atomic E-state index is -0.0835. The summed E-state index contributed by atoms with van der Waals surface area (Å²) in [7, 11) is 0. The Morgan fingerprint density at radius 2 is 2.12 bits per heavy atom. The number of anilines is 1. The fourth-order valence-corrected chi connectivity index (χ4v) is 3.23. The zero-order chi connectivity index (χ0) is 16.8. The second kappa shape index (κ2) is 5.63. The summed E-state index contributed by atoms with van der Waals surface area (Å²) in [4.78, 5) is 28.8. The standard InChI is InChI=1S/C17H18ClN5O/c1-10(2)14-20-13-15(21-14)23(9-11-5-3-4-6-12(11)18)17-19-7-8-22(17)16(13)24/h3-6,10H,7-9H2,1-2H3,(H,20,21). The Kier molecular flexibility index (Phi) is 3.57. The molecule has 1 aromatic heterocycles. The van der Waals surface area contributed by atoms with E-state index in [1.165, 1.54) is 0 Å². The van der Waals surface area contributed by atoms with Gasteiger partial charge in [0, 0.05) is 17.5 Å². The second-order valence-corrected chi connectivity index (χ2v) is 6.70. The van der Waals surface area contributed by atoms with Crippen LogP contribution in [0.4, 0.5) is 5.82 Å². The van der Waals surface area contributed by atoms with E-state index in [-0.39, 0.29) is 11.8 Å². The van der Waals surface area contributed by atoms with Crippen molar-refractivity contribution >= 4 is 29.3 Å². The van der Waals surface area contributed by atoms with Crippen LogP contribution in [0.15, 0.2) is 29.3 Å². The van der Waals surface area contributed by atoms with Crippen LogP contribution in [-0.4, -0.2) is 39.8 Å². The zero-order valence-electron chi connectivity index (χ0n) is 13.6. The van der Waals surface area contributed by atoms with Gasteiger partial charge in [0.25, 0.3) is 5.91 Å². The first kappa shape index (κ1) is 15.2. The highest BCUT2D eigenvalue weighted by Gasteiger charge is 2.40. The number of benzene rings is 1. The quantitative estimate of drug-likeness (QED) is 0.931. The topological polar surface area (TPSA) is 64.6 Å². The van der Waals surface area contributed by atoms with Gasteiger partial charge in [-0.1, -0.05) is 43.6 Å². The van der Waals surface area contributed by atoms with Gasteiger partial charge in [-0.05, 0) is 11.6 Å². The molecule has 0 aliphatic carbocycles. The summed E-state index contributed by atoms with van der Waals surface area (Å²) >= 11 is 6.32. The maximum Gasteiger partial charge on any atom is 0.283 e. The van der Waals surface area contributed by atoms with Gasteiger partial charge >= 0.3 is 0 Å². The van der Waals surface area contributed by atoms with E-state index in [0.29, 0.717) is 42.1 Å².